The van der Waals surface area contributed by atoms with E-state index in [9.17, 15) is 0 Å². The highest BCUT2D eigenvalue weighted by Gasteiger charge is 2.36. The summed E-state index contributed by atoms with van der Waals surface area (Å²) in [6.07, 6.45) is 0.0463. The van der Waals surface area contributed by atoms with Crippen LogP contribution in [0.15, 0.2) is 0 Å². The van der Waals surface area contributed by atoms with E-state index in [2.05, 4.69) is 20.8 Å². The lowest BCUT2D eigenvalue weighted by Crippen LogP contribution is -2.26. The molecule has 0 unspecified atom stereocenters. The van der Waals surface area contributed by atoms with Crippen LogP contribution in [0.4, 0.5) is 0 Å². The van der Waals surface area contributed by atoms with Gasteiger partial charge in [0, 0.05) is 12.5 Å². The second-order valence-electron chi connectivity index (χ2n) is 3.96. The molecule has 1 fully saturated rings. The van der Waals surface area contributed by atoms with Crippen LogP contribution in [0.25, 0.3) is 0 Å². The SMILES string of the molecule is CCO[C@@H]1OC[C@H](C)[C@H]1C(C)C. The maximum atomic E-state index is 5.56. The Balaban J connectivity index is 2.51. The number of hydrogen-bond donors (Lipinski definition) is 0. The van der Waals surface area contributed by atoms with Crippen molar-refractivity contribution in [3.05, 3.63) is 0 Å². The minimum atomic E-state index is 0.0463. The summed E-state index contributed by atoms with van der Waals surface area (Å²) in [4.78, 5) is 0. The second-order valence-corrected chi connectivity index (χ2v) is 3.96. The van der Waals surface area contributed by atoms with Gasteiger partial charge in [0.2, 0.25) is 0 Å². The first-order chi connectivity index (χ1) is 5.66. The summed E-state index contributed by atoms with van der Waals surface area (Å²) in [7, 11) is 0. The summed E-state index contributed by atoms with van der Waals surface area (Å²) < 4.78 is 11.1. The van der Waals surface area contributed by atoms with Crippen LogP contribution in [0.5, 0.6) is 0 Å². The Morgan fingerprint density at radius 2 is 2.17 bits per heavy atom. The monoisotopic (exact) mass is 172 g/mol. The largest absolute Gasteiger partial charge is 0.353 e. The Morgan fingerprint density at radius 3 is 2.67 bits per heavy atom. The van der Waals surface area contributed by atoms with Gasteiger partial charge in [0.1, 0.15) is 0 Å². The molecule has 0 bridgehead atoms. The minimum Gasteiger partial charge on any atom is -0.353 e. The molecule has 2 nitrogen and oxygen atoms in total. The smallest absolute Gasteiger partial charge is 0.160 e. The van der Waals surface area contributed by atoms with E-state index in [0.29, 0.717) is 17.8 Å². The zero-order chi connectivity index (χ0) is 9.14. The fraction of sp³-hybridized carbons (Fsp3) is 1.00. The van der Waals surface area contributed by atoms with Crippen LogP contribution in [-0.2, 0) is 9.47 Å². The molecule has 1 aliphatic rings. The topological polar surface area (TPSA) is 18.5 Å². The fourth-order valence-corrected chi connectivity index (χ4v) is 2.03. The van der Waals surface area contributed by atoms with Crippen LogP contribution in [0.3, 0.4) is 0 Å². The predicted molar refractivity (Wildman–Crippen MR) is 48.9 cm³/mol. The van der Waals surface area contributed by atoms with Gasteiger partial charge >= 0.3 is 0 Å². The van der Waals surface area contributed by atoms with E-state index in [1.54, 1.807) is 0 Å². The highest BCUT2D eigenvalue weighted by Crippen LogP contribution is 2.33. The van der Waals surface area contributed by atoms with Gasteiger partial charge in [-0.05, 0) is 18.8 Å². The van der Waals surface area contributed by atoms with Gasteiger partial charge in [0.25, 0.3) is 0 Å². The van der Waals surface area contributed by atoms with Crippen molar-refractivity contribution in [2.45, 2.75) is 34.0 Å². The first kappa shape index (κ1) is 10.0. The molecule has 1 saturated heterocycles. The van der Waals surface area contributed by atoms with Gasteiger partial charge in [-0.1, -0.05) is 20.8 Å². The third kappa shape index (κ3) is 1.99. The van der Waals surface area contributed by atoms with Crippen molar-refractivity contribution in [2.75, 3.05) is 13.2 Å². The Kier molecular flexibility index (Phi) is 3.53. The molecule has 0 spiro atoms. The zero-order valence-corrected chi connectivity index (χ0v) is 8.54. The fourth-order valence-electron chi connectivity index (χ4n) is 2.03. The average molecular weight is 172 g/mol. The van der Waals surface area contributed by atoms with Crippen molar-refractivity contribution in [3.8, 4) is 0 Å². The average Bonchev–Trinajstić information content (AvgIpc) is 2.32. The first-order valence-electron chi connectivity index (χ1n) is 4.90. The van der Waals surface area contributed by atoms with Gasteiger partial charge in [0.05, 0.1) is 6.61 Å². The highest BCUT2D eigenvalue weighted by molar-refractivity contribution is 4.78. The van der Waals surface area contributed by atoms with Crippen molar-refractivity contribution >= 4 is 0 Å². The van der Waals surface area contributed by atoms with E-state index in [0.717, 1.165) is 13.2 Å². The summed E-state index contributed by atoms with van der Waals surface area (Å²) in [5.74, 6) is 1.87. The molecule has 0 N–H and O–H groups in total. The summed E-state index contributed by atoms with van der Waals surface area (Å²) in [6.45, 7) is 10.3. The van der Waals surface area contributed by atoms with E-state index in [1.807, 2.05) is 6.92 Å². The Bertz CT molecular complexity index is 132. The van der Waals surface area contributed by atoms with Crippen LogP contribution < -0.4 is 0 Å². The molecule has 0 aromatic carbocycles. The van der Waals surface area contributed by atoms with Crippen LogP contribution >= 0.6 is 0 Å². The molecule has 12 heavy (non-hydrogen) atoms. The molecule has 0 aromatic rings. The number of rotatable bonds is 3. The van der Waals surface area contributed by atoms with Crippen LogP contribution in [0, 0.1) is 17.8 Å². The van der Waals surface area contributed by atoms with Gasteiger partial charge in [-0.25, -0.2) is 0 Å². The van der Waals surface area contributed by atoms with Gasteiger partial charge in [-0.15, -0.1) is 0 Å². The molecule has 1 rings (SSSR count). The predicted octanol–water partition coefficient (Wildman–Crippen LogP) is 2.29. The first-order valence-corrected chi connectivity index (χ1v) is 4.90. The minimum absolute atomic E-state index is 0.0463. The molecule has 0 aromatic heterocycles. The third-order valence-corrected chi connectivity index (χ3v) is 2.60. The molecule has 0 radical (unpaired) electrons. The van der Waals surface area contributed by atoms with Crippen molar-refractivity contribution < 1.29 is 9.47 Å². The molecular formula is C10H20O2. The number of ether oxygens (including phenoxy) is 2. The lowest BCUT2D eigenvalue weighted by molar-refractivity contribution is -0.134. The van der Waals surface area contributed by atoms with Crippen LogP contribution in [-0.4, -0.2) is 19.5 Å². The standard InChI is InChI=1S/C10H20O2/c1-5-11-10-9(7(2)3)8(4)6-12-10/h7-10H,5-6H2,1-4H3/t8-,9+,10+/m0/s1. The summed E-state index contributed by atoms with van der Waals surface area (Å²) in [6, 6.07) is 0. The van der Waals surface area contributed by atoms with Crippen molar-refractivity contribution in [1.29, 1.82) is 0 Å². The Labute approximate surface area is 75.2 Å². The van der Waals surface area contributed by atoms with Gasteiger partial charge < -0.3 is 9.47 Å². The Hall–Kier alpha value is -0.0800. The Morgan fingerprint density at radius 1 is 1.50 bits per heavy atom. The molecule has 3 atom stereocenters. The van der Waals surface area contributed by atoms with Crippen molar-refractivity contribution in [3.63, 3.8) is 0 Å². The van der Waals surface area contributed by atoms with E-state index >= 15 is 0 Å². The third-order valence-electron chi connectivity index (χ3n) is 2.60. The lowest BCUT2D eigenvalue weighted by atomic mass is 9.86. The van der Waals surface area contributed by atoms with Gasteiger partial charge in [-0.2, -0.15) is 0 Å². The van der Waals surface area contributed by atoms with E-state index in [-0.39, 0.29) is 6.29 Å². The quantitative estimate of drug-likeness (QED) is 0.650. The molecule has 0 saturated carbocycles. The summed E-state index contributed by atoms with van der Waals surface area (Å²) >= 11 is 0. The van der Waals surface area contributed by atoms with Crippen LogP contribution in [0.2, 0.25) is 0 Å². The zero-order valence-electron chi connectivity index (χ0n) is 8.54. The van der Waals surface area contributed by atoms with Gasteiger partial charge in [0.15, 0.2) is 6.29 Å². The highest BCUT2D eigenvalue weighted by atomic mass is 16.7. The molecule has 0 aliphatic carbocycles. The normalized spacial score (nSPS) is 36.2. The molecule has 72 valence electrons. The van der Waals surface area contributed by atoms with E-state index in [1.165, 1.54) is 0 Å². The van der Waals surface area contributed by atoms with E-state index in [4.69, 9.17) is 9.47 Å². The van der Waals surface area contributed by atoms with Crippen molar-refractivity contribution in [2.24, 2.45) is 17.8 Å². The van der Waals surface area contributed by atoms with Gasteiger partial charge in [-0.3, -0.25) is 0 Å². The lowest BCUT2D eigenvalue weighted by Gasteiger charge is -2.23. The molecule has 0 amide bonds. The molecule has 2 heteroatoms. The molecular weight excluding hydrogens is 152 g/mol. The van der Waals surface area contributed by atoms with Crippen molar-refractivity contribution in [1.82, 2.24) is 0 Å². The van der Waals surface area contributed by atoms with E-state index < -0.39 is 0 Å². The second kappa shape index (κ2) is 4.24. The van der Waals surface area contributed by atoms with Crippen LogP contribution in [0.1, 0.15) is 27.7 Å². The maximum Gasteiger partial charge on any atom is 0.160 e. The molecule has 1 heterocycles. The summed E-state index contributed by atoms with van der Waals surface area (Å²) in [5, 5.41) is 0. The number of hydrogen-bond acceptors (Lipinski definition) is 2. The maximum absolute atomic E-state index is 5.56. The molecule has 1 aliphatic heterocycles. The summed E-state index contributed by atoms with van der Waals surface area (Å²) in [5.41, 5.74) is 0.